The van der Waals surface area contributed by atoms with Crippen molar-refractivity contribution in [3.05, 3.63) is 70.8 Å². The number of hydrogen-bond acceptors (Lipinski definition) is 2. The molecule has 0 spiro atoms. The third kappa shape index (κ3) is 2.35. The van der Waals surface area contributed by atoms with Crippen molar-refractivity contribution in [1.29, 1.82) is 0 Å². The quantitative estimate of drug-likeness (QED) is 0.896. The van der Waals surface area contributed by atoms with Crippen LogP contribution in [0.15, 0.2) is 48.5 Å². The molecule has 0 amide bonds. The van der Waals surface area contributed by atoms with Gasteiger partial charge in [0.05, 0.1) is 6.04 Å². The minimum absolute atomic E-state index is 0.0368. The van der Waals surface area contributed by atoms with Gasteiger partial charge in [-0.15, -0.1) is 0 Å². The second-order valence-electron chi connectivity index (χ2n) is 7.41. The van der Waals surface area contributed by atoms with Gasteiger partial charge >= 0.3 is 0 Å². The number of benzene rings is 2. The Morgan fingerprint density at radius 3 is 1.76 bits per heavy atom. The molecule has 0 aromatic heterocycles. The first-order valence-corrected chi connectivity index (χ1v) is 9.18. The monoisotopic (exact) mass is 340 g/mol. The van der Waals surface area contributed by atoms with Crippen LogP contribution >= 0.6 is 0 Å². The van der Waals surface area contributed by atoms with Gasteiger partial charge in [0.1, 0.15) is 0 Å². The molecule has 2 aromatic carbocycles. The van der Waals surface area contributed by atoms with Gasteiger partial charge in [-0.1, -0.05) is 48.5 Å². The van der Waals surface area contributed by atoms with Crippen molar-refractivity contribution in [3.8, 4) is 0 Å². The van der Waals surface area contributed by atoms with E-state index in [1.165, 1.54) is 11.1 Å². The number of fused-ring (bicyclic) bond motifs is 5. The lowest BCUT2D eigenvalue weighted by Crippen LogP contribution is -2.45. The van der Waals surface area contributed by atoms with Gasteiger partial charge in [-0.05, 0) is 22.3 Å². The summed E-state index contributed by atoms with van der Waals surface area (Å²) in [4.78, 5) is 2.51. The fraction of sp³-hybridized carbons (Fsp3) is 0.429. The molecule has 4 atom stereocenters. The summed E-state index contributed by atoms with van der Waals surface area (Å²) in [5.41, 5.74) is 4.73. The normalized spacial score (nSPS) is 31.0. The van der Waals surface area contributed by atoms with E-state index in [0.29, 0.717) is 0 Å². The molecule has 1 N–H and O–H groups in total. The Hall–Kier alpha value is -1.78. The van der Waals surface area contributed by atoms with Crippen LogP contribution in [0.25, 0.3) is 0 Å². The summed E-state index contributed by atoms with van der Waals surface area (Å²) in [6.07, 6.45) is -2.26. The second-order valence-corrected chi connectivity index (χ2v) is 7.41. The summed E-state index contributed by atoms with van der Waals surface area (Å²) in [6.45, 7) is 3.93. The van der Waals surface area contributed by atoms with Gasteiger partial charge in [-0.3, -0.25) is 4.90 Å². The number of nitrogens with zero attached hydrogens (tertiary/aromatic N) is 1. The lowest BCUT2D eigenvalue weighted by molar-refractivity contribution is 0.117. The number of alkyl halides is 2. The van der Waals surface area contributed by atoms with Crippen molar-refractivity contribution >= 4 is 0 Å². The first-order valence-electron chi connectivity index (χ1n) is 9.18. The van der Waals surface area contributed by atoms with Crippen LogP contribution in [-0.2, 0) is 0 Å². The number of hydrogen-bond donors (Lipinski definition) is 1. The van der Waals surface area contributed by atoms with Crippen molar-refractivity contribution in [3.63, 3.8) is 0 Å². The number of piperazine rings is 1. The molecule has 2 nitrogen and oxygen atoms in total. The Kier molecular flexibility index (Phi) is 3.64. The molecule has 2 aromatic rings. The standard InChI is InChI=1S/C21H22F2N2/c22-21(23)19-17-13-5-1-3-7-15(13)20(25-11-9-24-10-12-25)16-8-4-2-6-14(16)18(17)19/h1-8,17-21,24H,9-12H2/t17-,18+,19?,20?. The minimum atomic E-state index is -2.26. The van der Waals surface area contributed by atoms with Crippen LogP contribution in [-0.4, -0.2) is 37.5 Å². The zero-order valence-corrected chi connectivity index (χ0v) is 14.0. The first-order chi connectivity index (χ1) is 12.3. The molecule has 2 fully saturated rings. The highest BCUT2D eigenvalue weighted by molar-refractivity contribution is 5.54. The number of rotatable bonds is 2. The van der Waals surface area contributed by atoms with Crippen molar-refractivity contribution in [2.45, 2.75) is 24.3 Å². The molecule has 0 bridgehead atoms. The average molecular weight is 340 g/mol. The molecule has 1 heterocycles. The van der Waals surface area contributed by atoms with Crippen LogP contribution in [0.2, 0.25) is 0 Å². The summed E-state index contributed by atoms with van der Waals surface area (Å²) >= 11 is 0. The fourth-order valence-corrected chi connectivity index (χ4v) is 5.08. The van der Waals surface area contributed by atoms with Crippen molar-refractivity contribution in [2.75, 3.05) is 26.2 Å². The average Bonchev–Trinajstić information content (AvgIpc) is 3.40. The minimum Gasteiger partial charge on any atom is -0.314 e. The van der Waals surface area contributed by atoms with Crippen LogP contribution in [0.1, 0.15) is 40.1 Å². The molecule has 1 aliphatic heterocycles. The third-order valence-corrected chi connectivity index (χ3v) is 6.18. The lowest BCUT2D eigenvalue weighted by atomic mass is 9.89. The highest BCUT2D eigenvalue weighted by Gasteiger charge is 2.59. The maximum Gasteiger partial charge on any atom is 0.242 e. The molecule has 4 heteroatoms. The van der Waals surface area contributed by atoms with Gasteiger partial charge in [0.25, 0.3) is 0 Å². The van der Waals surface area contributed by atoms with E-state index in [4.69, 9.17) is 0 Å². The van der Waals surface area contributed by atoms with Gasteiger partial charge in [-0.25, -0.2) is 8.78 Å². The van der Waals surface area contributed by atoms with Crippen molar-refractivity contribution < 1.29 is 8.78 Å². The third-order valence-electron chi connectivity index (χ3n) is 6.18. The smallest absolute Gasteiger partial charge is 0.242 e. The molecular weight excluding hydrogens is 318 g/mol. The molecule has 130 valence electrons. The highest BCUT2D eigenvalue weighted by Crippen LogP contribution is 2.66. The summed E-state index contributed by atoms with van der Waals surface area (Å²) in [7, 11) is 0. The van der Waals surface area contributed by atoms with Crippen molar-refractivity contribution in [2.24, 2.45) is 5.92 Å². The van der Waals surface area contributed by atoms with Crippen LogP contribution in [0.4, 0.5) is 8.78 Å². The zero-order chi connectivity index (χ0) is 17.0. The summed E-state index contributed by atoms with van der Waals surface area (Å²) in [5.74, 6) is -0.609. The molecule has 1 saturated carbocycles. The van der Waals surface area contributed by atoms with Crippen LogP contribution < -0.4 is 5.32 Å². The maximum absolute atomic E-state index is 13.7. The molecule has 2 unspecified atom stereocenters. The van der Waals surface area contributed by atoms with Gasteiger partial charge < -0.3 is 5.32 Å². The Labute approximate surface area is 146 Å². The molecule has 2 aliphatic carbocycles. The fourth-order valence-electron chi connectivity index (χ4n) is 5.08. The van der Waals surface area contributed by atoms with Crippen LogP contribution in [0, 0.1) is 5.92 Å². The Morgan fingerprint density at radius 2 is 1.28 bits per heavy atom. The first kappa shape index (κ1) is 15.5. The second kappa shape index (κ2) is 5.89. The van der Waals surface area contributed by atoms with E-state index < -0.39 is 12.3 Å². The van der Waals surface area contributed by atoms with Crippen LogP contribution in [0.3, 0.4) is 0 Å². The highest BCUT2D eigenvalue weighted by atomic mass is 19.3. The largest absolute Gasteiger partial charge is 0.314 e. The molecule has 5 rings (SSSR count). The Bertz CT molecular complexity index is 731. The van der Waals surface area contributed by atoms with Gasteiger partial charge in [0.2, 0.25) is 6.43 Å². The van der Waals surface area contributed by atoms with Gasteiger partial charge in [-0.2, -0.15) is 0 Å². The van der Waals surface area contributed by atoms with Gasteiger partial charge in [0.15, 0.2) is 0 Å². The van der Waals surface area contributed by atoms with E-state index in [1.807, 2.05) is 12.1 Å². The molecule has 25 heavy (non-hydrogen) atoms. The number of nitrogens with one attached hydrogen (secondary N) is 1. The van der Waals surface area contributed by atoms with E-state index in [-0.39, 0.29) is 17.9 Å². The predicted octanol–water partition coefficient (Wildman–Crippen LogP) is 3.76. The lowest BCUT2D eigenvalue weighted by Gasteiger charge is -2.37. The van der Waals surface area contributed by atoms with E-state index in [9.17, 15) is 8.78 Å². The van der Waals surface area contributed by atoms with Gasteiger partial charge in [0, 0.05) is 43.9 Å². The van der Waals surface area contributed by atoms with E-state index in [1.54, 1.807) is 0 Å². The van der Waals surface area contributed by atoms with E-state index >= 15 is 0 Å². The summed E-state index contributed by atoms with van der Waals surface area (Å²) < 4.78 is 27.4. The summed E-state index contributed by atoms with van der Waals surface area (Å²) in [6, 6.07) is 16.8. The SMILES string of the molecule is FC(F)C1[C@H]2c3ccccc3C(N3CCNCC3)c3ccccc3[C@@H]12. The Morgan fingerprint density at radius 1 is 0.800 bits per heavy atom. The molecule has 1 saturated heterocycles. The maximum atomic E-state index is 13.7. The van der Waals surface area contributed by atoms with E-state index in [0.717, 1.165) is 37.3 Å². The Balaban J connectivity index is 1.69. The topological polar surface area (TPSA) is 15.3 Å². The molecule has 3 aliphatic rings. The number of halogens is 2. The molecule has 0 radical (unpaired) electrons. The summed E-state index contributed by atoms with van der Waals surface area (Å²) in [5, 5.41) is 3.42. The van der Waals surface area contributed by atoms with E-state index in [2.05, 4.69) is 46.6 Å². The van der Waals surface area contributed by atoms with Crippen molar-refractivity contribution in [1.82, 2.24) is 10.2 Å². The zero-order valence-electron chi connectivity index (χ0n) is 14.0. The molecular formula is C21H22F2N2. The predicted molar refractivity (Wildman–Crippen MR) is 94.1 cm³/mol. The van der Waals surface area contributed by atoms with Crippen LogP contribution in [0.5, 0.6) is 0 Å².